The minimum atomic E-state index is -1.47. The Morgan fingerprint density at radius 3 is 1.76 bits per heavy atom. The van der Waals surface area contributed by atoms with E-state index in [2.05, 4.69) is 47.5 Å². The zero-order chi connectivity index (χ0) is 15.8. The maximum atomic E-state index is 6.60. The second-order valence-electron chi connectivity index (χ2n) is 6.07. The van der Waals surface area contributed by atoms with E-state index in [1.165, 1.54) is 69.5 Å². The molecule has 0 saturated carbocycles. The Morgan fingerprint density at radius 2 is 1.33 bits per heavy atom. The summed E-state index contributed by atoms with van der Waals surface area (Å²) in [5.41, 5.74) is 0. The van der Waals surface area contributed by atoms with E-state index in [4.69, 9.17) is 4.43 Å². The van der Waals surface area contributed by atoms with E-state index < -0.39 is 8.32 Å². The highest BCUT2D eigenvalue weighted by molar-refractivity contribution is 9.12. The molecule has 0 saturated heterocycles. The molecule has 1 nitrogen and oxygen atoms in total. The molecule has 0 rings (SSSR count). The summed E-state index contributed by atoms with van der Waals surface area (Å²) in [6.07, 6.45) is 11.3. The van der Waals surface area contributed by atoms with Crippen LogP contribution in [0, 0.1) is 10.8 Å². The van der Waals surface area contributed by atoms with Gasteiger partial charge >= 0.3 is 0 Å². The van der Waals surface area contributed by atoms with Crippen LogP contribution in [-0.4, -0.2) is 14.9 Å². The van der Waals surface area contributed by atoms with Crippen LogP contribution in [0.5, 0.6) is 0 Å². The molecule has 0 aliphatic carbocycles. The van der Waals surface area contributed by atoms with Crippen molar-refractivity contribution in [1.29, 1.82) is 0 Å². The van der Waals surface area contributed by atoms with Crippen molar-refractivity contribution in [3.8, 4) is 10.8 Å². The summed E-state index contributed by atoms with van der Waals surface area (Å²) in [6.45, 7) is 7.88. The molecule has 0 unspecified atom stereocenters. The smallest absolute Gasteiger partial charge is 0.192 e. The SMILES string of the molecule is CCCC[Si](CCCC)(CCCC)OCCCCC#CBr. The molecule has 21 heavy (non-hydrogen) atoms. The van der Waals surface area contributed by atoms with Gasteiger partial charge in [0.15, 0.2) is 8.32 Å². The fourth-order valence-corrected chi connectivity index (χ4v) is 7.69. The first kappa shape index (κ1) is 21.2. The second kappa shape index (κ2) is 15.1. The van der Waals surface area contributed by atoms with Crippen molar-refractivity contribution in [2.24, 2.45) is 0 Å². The van der Waals surface area contributed by atoms with Gasteiger partial charge in [0.05, 0.1) is 0 Å². The molecule has 0 aromatic heterocycles. The predicted molar refractivity (Wildman–Crippen MR) is 101 cm³/mol. The van der Waals surface area contributed by atoms with Crippen LogP contribution < -0.4 is 0 Å². The van der Waals surface area contributed by atoms with Crippen molar-refractivity contribution in [3.63, 3.8) is 0 Å². The van der Waals surface area contributed by atoms with Gasteiger partial charge in [0.2, 0.25) is 0 Å². The van der Waals surface area contributed by atoms with E-state index in [0.717, 1.165) is 13.0 Å². The summed E-state index contributed by atoms with van der Waals surface area (Å²) >= 11 is 3.15. The third kappa shape index (κ3) is 11.4. The summed E-state index contributed by atoms with van der Waals surface area (Å²) in [6, 6.07) is 4.14. The van der Waals surface area contributed by atoms with Crippen LogP contribution in [0.2, 0.25) is 18.1 Å². The number of rotatable bonds is 14. The highest BCUT2D eigenvalue weighted by Crippen LogP contribution is 2.29. The zero-order valence-corrected chi connectivity index (χ0v) is 17.1. The summed E-state index contributed by atoms with van der Waals surface area (Å²) < 4.78 is 6.60. The van der Waals surface area contributed by atoms with E-state index in [1.54, 1.807) is 0 Å². The van der Waals surface area contributed by atoms with Crippen LogP contribution in [0.25, 0.3) is 0 Å². The Hall–Kier alpha value is 0.217. The van der Waals surface area contributed by atoms with E-state index in [0.29, 0.717) is 0 Å². The predicted octanol–water partition coefficient (Wildman–Crippen LogP) is 6.87. The van der Waals surface area contributed by atoms with Gasteiger partial charge in [-0.05, 0) is 35.8 Å². The van der Waals surface area contributed by atoms with E-state index in [-0.39, 0.29) is 0 Å². The number of halogens is 1. The van der Waals surface area contributed by atoms with Gasteiger partial charge in [-0.1, -0.05) is 65.2 Å². The van der Waals surface area contributed by atoms with Crippen LogP contribution in [-0.2, 0) is 4.43 Å². The Bertz CT molecular complexity index is 261. The van der Waals surface area contributed by atoms with Crippen LogP contribution in [0.4, 0.5) is 0 Å². The molecular weight excluding hydrogens is 340 g/mol. The van der Waals surface area contributed by atoms with Crippen LogP contribution in [0.15, 0.2) is 0 Å². The largest absolute Gasteiger partial charge is 0.417 e. The molecule has 0 heterocycles. The molecule has 3 heteroatoms. The van der Waals surface area contributed by atoms with Crippen LogP contribution in [0.1, 0.15) is 78.6 Å². The highest BCUT2D eigenvalue weighted by atomic mass is 79.9. The summed E-state index contributed by atoms with van der Waals surface area (Å²) in [5.74, 6) is 3.07. The maximum absolute atomic E-state index is 6.60. The molecule has 0 aromatic rings. The zero-order valence-electron chi connectivity index (χ0n) is 14.5. The molecule has 0 amide bonds. The Balaban J connectivity index is 4.36. The minimum absolute atomic E-state index is 0.966. The third-order valence-corrected chi connectivity index (χ3v) is 9.02. The topological polar surface area (TPSA) is 9.23 Å². The standard InChI is InChI=1S/C18H35BrOSi/c1-4-7-16-21(17-8-5-2,18-9-6-3)20-15-13-11-10-12-14-19/h4-11,13,15-18H2,1-3H3. The molecule has 124 valence electrons. The van der Waals surface area contributed by atoms with E-state index >= 15 is 0 Å². The lowest BCUT2D eigenvalue weighted by atomic mass is 10.2. The molecule has 0 radical (unpaired) electrons. The average Bonchev–Trinajstić information content (AvgIpc) is 2.51. The van der Waals surface area contributed by atoms with Crippen molar-refractivity contribution in [3.05, 3.63) is 0 Å². The van der Waals surface area contributed by atoms with E-state index in [1.807, 2.05) is 0 Å². The number of unbranched alkanes of at least 4 members (excludes halogenated alkanes) is 5. The Morgan fingerprint density at radius 1 is 0.810 bits per heavy atom. The van der Waals surface area contributed by atoms with Gasteiger partial charge in [-0.3, -0.25) is 0 Å². The average molecular weight is 375 g/mol. The van der Waals surface area contributed by atoms with Crippen molar-refractivity contribution in [2.75, 3.05) is 6.61 Å². The molecule has 0 aliphatic rings. The van der Waals surface area contributed by atoms with Gasteiger partial charge in [-0.2, -0.15) is 0 Å². The molecule has 0 fully saturated rings. The van der Waals surface area contributed by atoms with Crippen molar-refractivity contribution in [2.45, 2.75) is 96.7 Å². The van der Waals surface area contributed by atoms with Crippen molar-refractivity contribution >= 4 is 24.2 Å². The van der Waals surface area contributed by atoms with E-state index in [9.17, 15) is 0 Å². The highest BCUT2D eigenvalue weighted by Gasteiger charge is 2.32. The van der Waals surface area contributed by atoms with Crippen LogP contribution in [0.3, 0.4) is 0 Å². The number of hydrogen-bond acceptors (Lipinski definition) is 1. The van der Waals surface area contributed by atoms with Gasteiger partial charge in [0.1, 0.15) is 0 Å². The van der Waals surface area contributed by atoms with Gasteiger partial charge < -0.3 is 4.43 Å². The molecule has 0 N–H and O–H groups in total. The molecule has 0 atom stereocenters. The van der Waals surface area contributed by atoms with Gasteiger partial charge in [0, 0.05) is 29.0 Å². The molecule has 0 aromatic carbocycles. The first-order chi connectivity index (χ1) is 10.2. The first-order valence-electron chi connectivity index (χ1n) is 8.97. The summed E-state index contributed by atoms with van der Waals surface area (Å²) in [5, 5.41) is 0. The maximum Gasteiger partial charge on any atom is 0.192 e. The monoisotopic (exact) mass is 374 g/mol. The van der Waals surface area contributed by atoms with Crippen molar-refractivity contribution in [1.82, 2.24) is 0 Å². The Kier molecular flexibility index (Phi) is 15.3. The Labute approximate surface area is 142 Å². The van der Waals surface area contributed by atoms with Crippen molar-refractivity contribution < 1.29 is 4.43 Å². The lowest BCUT2D eigenvalue weighted by Gasteiger charge is -2.32. The summed E-state index contributed by atoms with van der Waals surface area (Å²) in [7, 11) is -1.47. The third-order valence-electron chi connectivity index (χ3n) is 4.13. The molecular formula is C18H35BrOSi. The first-order valence-corrected chi connectivity index (χ1v) is 12.3. The fourth-order valence-electron chi connectivity index (χ4n) is 2.74. The molecule has 0 bridgehead atoms. The number of hydrogen-bond donors (Lipinski definition) is 0. The normalized spacial score (nSPS) is 11.2. The van der Waals surface area contributed by atoms with Crippen LogP contribution >= 0.6 is 15.9 Å². The minimum Gasteiger partial charge on any atom is -0.417 e. The van der Waals surface area contributed by atoms with Gasteiger partial charge in [0.25, 0.3) is 0 Å². The lowest BCUT2D eigenvalue weighted by Crippen LogP contribution is -2.38. The molecule has 0 aliphatic heterocycles. The summed E-state index contributed by atoms with van der Waals surface area (Å²) in [4.78, 5) is 2.79. The second-order valence-corrected chi connectivity index (χ2v) is 10.6. The quantitative estimate of drug-likeness (QED) is 0.183. The lowest BCUT2D eigenvalue weighted by molar-refractivity contribution is 0.285. The van der Waals surface area contributed by atoms with Gasteiger partial charge in [-0.15, -0.1) is 0 Å². The molecule has 0 spiro atoms. The fraction of sp³-hybridized carbons (Fsp3) is 0.889. The van der Waals surface area contributed by atoms with Gasteiger partial charge in [-0.25, -0.2) is 0 Å².